The summed E-state index contributed by atoms with van der Waals surface area (Å²) in [5.74, 6) is 1.05. The zero-order valence-corrected chi connectivity index (χ0v) is 13.8. The van der Waals surface area contributed by atoms with E-state index >= 15 is 0 Å². The molecule has 0 amide bonds. The van der Waals surface area contributed by atoms with Crippen molar-refractivity contribution in [2.24, 2.45) is 4.99 Å². The van der Waals surface area contributed by atoms with Crippen LogP contribution in [0.2, 0.25) is 0 Å². The van der Waals surface area contributed by atoms with Gasteiger partial charge in [0, 0.05) is 38.6 Å². The third-order valence-electron chi connectivity index (χ3n) is 4.10. The molecule has 0 aliphatic carbocycles. The van der Waals surface area contributed by atoms with Gasteiger partial charge in [-0.05, 0) is 30.9 Å². The fourth-order valence-electron chi connectivity index (χ4n) is 2.86. The van der Waals surface area contributed by atoms with E-state index in [9.17, 15) is 0 Å². The molecule has 3 rings (SSSR count). The molecule has 1 saturated heterocycles. The highest BCUT2D eigenvalue weighted by Gasteiger charge is 2.15. The van der Waals surface area contributed by atoms with E-state index in [0.29, 0.717) is 0 Å². The number of guanidine groups is 1. The maximum Gasteiger partial charge on any atom is 0.194 e. The molecule has 5 heteroatoms. The van der Waals surface area contributed by atoms with Gasteiger partial charge >= 0.3 is 0 Å². The molecule has 1 fully saturated rings. The minimum absolute atomic E-state index is 0.726. The molecule has 5 nitrogen and oxygen atoms in total. The van der Waals surface area contributed by atoms with Crippen molar-refractivity contribution in [3.63, 3.8) is 0 Å². The van der Waals surface area contributed by atoms with E-state index in [4.69, 9.17) is 4.99 Å². The van der Waals surface area contributed by atoms with Crippen LogP contribution in [-0.2, 0) is 13.1 Å². The topological polar surface area (TPSA) is 45.5 Å². The van der Waals surface area contributed by atoms with Gasteiger partial charge in [0.05, 0.1) is 12.9 Å². The summed E-state index contributed by atoms with van der Waals surface area (Å²) in [6.07, 6.45) is 8.18. The smallest absolute Gasteiger partial charge is 0.194 e. The molecule has 0 bridgehead atoms. The Hall–Kier alpha value is -2.30. The summed E-state index contributed by atoms with van der Waals surface area (Å²) in [5, 5.41) is 3.40. The molecular weight excluding hydrogens is 286 g/mol. The van der Waals surface area contributed by atoms with Crippen LogP contribution in [0.25, 0.3) is 0 Å². The highest BCUT2D eigenvalue weighted by atomic mass is 15.3. The summed E-state index contributed by atoms with van der Waals surface area (Å²) in [6.45, 7) is 6.87. The Bertz CT molecular complexity index is 609. The van der Waals surface area contributed by atoms with Gasteiger partial charge in [-0.25, -0.2) is 9.98 Å². The van der Waals surface area contributed by atoms with Gasteiger partial charge in [0.1, 0.15) is 0 Å². The molecule has 122 valence electrons. The number of benzene rings is 1. The summed E-state index contributed by atoms with van der Waals surface area (Å²) in [6, 6.07) is 8.69. The van der Waals surface area contributed by atoms with E-state index in [1.54, 1.807) is 0 Å². The SMILES string of the molecule is CCNC(=NCc1ccc(Cn2ccnc2)cc1)N1CCCC1. The van der Waals surface area contributed by atoms with Crippen LogP contribution >= 0.6 is 0 Å². The van der Waals surface area contributed by atoms with Crippen molar-refractivity contribution >= 4 is 5.96 Å². The van der Waals surface area contributed by atoms with E-state index in [1.165, 1.54) is 24.0 Å². The molecule has 0 atom stereocenters. The number of likely N-dealkylation sites (tertiary alicyclic amines) is 1. The molecule has 0 saturated carbocycles. The highest BCUT2D eigenvalue weighted by molar-refractivity contribution is 5.80. The first-order valence-electron chi connectivity index (χ1n) is 8.42. The Morgan fingerprint density at radius 1 is 1.17 bits per heavy atom. The molecule has 1 N–H and O–H groups in total. The van der Waals surface area contributed by atoms with Gasteiger partial charge in [-0.3, -0.25) is 0 Å². The van der Waals surface area contributed by atoms with E-state index in [1.807, 2.05) is 18.7 Å². The number of hydrogen-bond acceptors (Lipinski definition) is 2. The average Bonchev–Trinajstić information content (AvgIpc) is 3.26. The van der Waals surface area contributed by atoms with Crippen LogP contribution in [0.4, 0.5) is 0 Å². The molecular formula is C18H25N5. The van der Waals surface area contributed by atoms with Crippen molar-refractivity contribution in [1.82, 2.24) is 19.8 Å². The van der Waals surface area contributed by atoms with Crippen molar-refractivity contribution in [3.05, 3.63) is 54.1 Å². The Morgan fingerprint density at radius 3 is 2.57 bits per heavy atom. The summed E-state index contributed by atoms with van der Waals surface area (Å²) in [5.41, 5.74) is 2.52. The van der Waals surface area contributed by atoms with Gasteiger partial charge in [0.25, 0.3) is 0 Å². The molecule has 0 radical (unpaired) electrons. The van der Waals surface area contributed by atoms with Gasteiger partial charge in [0.2, 0.25) is 0 Å². The quantitative estimate of drug-likeness (QED) is 0.681. The second kappa shape index (κ2) is 7.81. The fraction of sp³-hybridized carbons (Fsp3) is 0.444. The third kappa shape index (κ3) is 4.34. The average molecular weight is 311 g/mol. The molecule has 1 aromatic heterocycles. The van der Waals surface area contributed by atoms with Gasteiger partial charge < -0.3 is 14.8 Å². The summed E-state index contributed by atoms with van der Waals surface area (Å²) in [7, 11) is 0. The maximum absolute atomic E-state index is 4.79. The van der Waals surface area contributed by atoms with Gasteiger partial charge in [-0.1, -0.05) is 24.3 Å². The Labute approximate surface area is 138 Å². The second-order valence-electron chi connectivity index (χ2n) is 5.92. The first-order chi connectivity index (χ1) is 11.3. The lowest BCUT2D eigenvalue weighted by Crippen LogP contribution is -2.39. The van der Waals surface area contributed by atoms with Crippen LogP contribution in [0, 0.1) is 0 Å². The van der Waals surface area contributed by atoms with Crippen molar-refractivity contribution < 1.29 is 0 Å². The van der Waals surface area contributed by atoms with Gasteiger partial charge in [-0.2, -0.15) is 0 Å². The van der Waals surface area contributed by atoms with Gasteiger partial charge in [0.15, 0.2) is 5.96 Å². The van der Waals surface area contributed by atoms with Crippen molar-refractivity contribution in [1.29, 1.82) is 0 Å². The molecule has 2 heterocycles. The second-order valence-corrected chi connectivity index (χ2v) is 5.92. The van der Waals surface area contributed by atoms with Crippen molar-refractivity contribution in [2.45, 2.75) is 32.9 Å². The maximum atomic E-state index is 4.79. The number of imidazole rings is 1. The lowest BCUT2D eigenvalue weighted by Gasteiger charge is -2.20. The van der Waals surface area contributed by atoms with E-state index in [0.717, 1.165) is 38.7 Å². The molecule has 1 aliphatic heterocycles. The van der Waals surface area contributed by atoms with Crippen LogP contribution in [0.1, 0.15) is 30.9 Å². The Balaban J connectivity index is 1.61. The number of nitrogens with one attached hydrogen (secondary N) is 1. The molecule has 2 aromatic rings. The predicted molar refractivity (Wildman–Crippen MR) is 93.4 cm³/mol. The van der Waals surface area contributed by atoms with Crippen LogP contribution in [0.3, 0.4) is 0 Å². The first kappa shape index (κ1) is 15.6. The number of rotatable bonds is 5. The Morgan fingerprint density at radius 2 is 1.91 bits per heavy atom. The number of nitrogens with zero attached hydrogens (tertiary/aromatic N) is 4. The molecule has 0 unspecified atom stereocenters. The molecule has 0 spiro atoms. The van der Waals surface area contributed by atoms with E-state index < -0.39 is 0 Å². The largest absolute Gasteiger partial charge is 0.357 e. The first-order valence-corrected chi connectivity index (χ1v) is 8.42. The van der Waals surface area contributed by atoms with Crippen molar-refractivity contribution in [3.8, 4) is 0 Å². The highest BCUT2D eigenvalue weighted by Crippen LogP contribution is 2.10. The van der Waals surface area contributed by atoms with Crippen LogP contribution in [0.15, 0.2) is 48.0 Å². The molecule has 23 heavy (non-hydrogen) atoms. The van der Waals surface area contributed by atoms with E-state index in [2.05, 4.69) is 51.0 Å². The summed E-state index contributed by atoms with van der Waals surface area (Å²) < 4.78 is 2.07. The lowest BCUT2D eigenvalue weighted by atomic mass is 10.1. The third-order valence-corrected chi connectivity index (χ3v) is 4.10. The number of aliphatic imine (C=N–C) groups is 1. The molecule has 1 aromatic carbocycles. The van der Waals surface area contributed by atoms with Crippen LogP contribution < -0.4 is 5.32 Å². The number of aromatic nitrogens is 2. The Kier molecular flexibility index (Phi) is 5.29. The monoisotopic (exact) mass is 311 g/mol. The fourth-order valence-corrected chi connectivity index (χ4v) is 2.86. The minimum Gasteiger partial charge on any atom is -0.357 e. The standard InChI is InChI=1S/C18H25N5/c1-2-20-18(23-10-3-4-11-23)21-13-16-5-7-17(8-6-16)14-22-12-9-19-15-22/h5-9,12,15H,2-4,10-11,13-14H2,1H3,(H,20,21). The lowest BCUT2D eigenvalue weighted by molar-refractivity contribution is 0.493. The summed E-state index contributed by atoms with van der Waals surface area (Å²) >= 11 is 0. The normalized spacial score (nSPS) is 15.2. The zero-order chi connectivity index (χ0) is 15.9. The summed E-state index contributed by atoms with van der Waals surface area (Å²) in [4.78, 5) is 11.2. The predicted octanol–water partition coefficient (Wildman–Crippen LogP) is 2.49. The van der Waals surface area contributed by atoms with Crippen LogP contribution in [-0.4, -0.2) is 40.0 Å². The van der Waals surface area contributed by atoms with Gasteiger partial charge in [-0.15, -0.1) is 0 Å². The molecule has 1 aliphatic rings. The zero-order valence-electron chi connectivity index (χ0n) is 13.8. The van der Waals surface area contributed by atoms with Crippen molar-refractivity contribution in [2.75, 3.05) is 19.6 Å². The van der Waals surface area contributed by atoms with Crippen LogP contribution in [0.5, 0.6) is 0 Å². The van der Waals surface area contributed by atoms with E-state index in [-0.39, 0.29) is 0 Å². The number of hydrogen-bond donors (Lipinski definition) is 1. The minimum atomic E-state index is 0.726.